The van der Waals surface area contributed by atoms with Crippen LogP contribution in [0.1, 0.15) is 51.2 Å². The van der Waals surface area contributed by atoms with Gasteiger partial charge in [0.05, 0.1) is 18.4 Å². The van der Waals surface area contributed by atoms with Gasteiger partial charge < -0.3 is 19.9 Å². The smallest absolute Gasteiger partial charge is 0.455 e. The Hall–Kier alpha value is -3.85. The molecule has 3 aromatic rings. The summed E-state index contributed by atoms with van der Waals surface area (Å²) < 4.78 is 6.06. The number of allylic oxidation sites excluding steroid dienone is 1. The summed E-state index contributed by atoms with van der Waals surface area (Å²) >= 11 is 0. The lowest BCUT2D eigenvalue weighted by Gasteiger charge is -2.47. The van der Waals surface area contributed by atoms with Crippen LogP contribution >= 0.6 is 0 Å². The molecule has 3 N–H and O–H groups in total. The largest absolute Gasteiger partial charge is 0.508 e. The number of benzene rings is 2. The third-order valence-corrected chi connectivity index (χ3v) is 8.46. The molecular weight excluding hydrogens is 505 g/mol. The molecule has 202 valence electrons. The average molecular weight is 535 g/mol. The Morgan fingerprint density at radius 2 is 1.70 bits per heavy atom. The summed E-state index contributed by atoms with van der Waals surface area (Å²) in [6, 6.07) is 19.5. The van der Waals surface area contributed by atoms with Crippen LogP contribution in [0.25, 0.3) is 11.6 Å². The molecule has 1 aliphatic heterocycles. The summed E-state index contributed by atoms with van der Waals surface area (Å²) in [6.07, 6.45) is 4.76. The van der Waals surface area contributed by atoms with Crippen LogP contribution in [-0.4, -0.2) is 51.6 Å². The Bertz CT molecular complexity index is 1500. The molecule has 0 saturated carbocycles. The lowest BCUT2D eigenvalue weighted by molar-refractivity contribution is 0.0591. The first-order chi connectivity index (χ1) is 19.4. The fourth-order valence-electron chi connectivity index (χ4n) is 6.70. The standard InChI is InChI=1S/C32H30BNO6/c35-18-21-16-25-30(32(38)24-6-2-1-5-23(24)31(25)37)26-17-33(39)40-28(29(21)26)13-10-20(27-7-3-4-14-34-27)15-19-8-11-22(36)12-9-19/h1-9,11-12,14-15,25-26,28,30,35-36,39H,10,13,16-18H2/b20-15-/t25-,26+,28-,30-/m1/s1. The van der Waals surface area contributed by atoms with E-state index in [0.29, 0.717) is 30.4 Å². The predicted octanol–water partition coefficient (Wildman–Crippen LogP) is 4.61. The third kappa shape index (κ3) is 4.83. The number of ketones is 2. The van der Waals surface area contributed by atoms with Crippen LogP contribution in [0.5, 0.6) is 5.75 Å². The fraction of sp³-hybridized carbons (Fsp3) is 0.281. The second kappa shape index (κ2) is 11.0. The van der Waals surface area contributed by atoms with Crippen molar-refractivity contribution in [2.45, 2.75) is 31.7 Å². The van der Waals surface area contributed by atoms with Gasteiger partial charge in [-0.05, 0) is 84.1 Å². The van der Waals surface area contributed by atoms with Gasteiger partial charge in [-0.15, -0.1) is 0 Å². The molecular formula is C32H30BNO6. The number of aromatic hydroxyl groups is 1. The Balaban J connectivity index is 1.34. The molecule has 3 aliphatic rings. The molecule has 7 nitrogen and oxygen atoms in total. The van der Waals surface area contributed by atoms with Crippen LogP contribution in [0.15, 0.2) is 84.1 Å². The minimum atomic E-state index is -1.09. The third-order valence-electron chi connectivity index (χ3n) is 8.46. The van der Waals surface area contributed by atoms with Crippen molar-refractivity contribution < 1.29 is 29.5 Å². The molecule has 2 heterocycles. The van der Waals surface area contributed by atoms with E-state index in [0.717, 1.165) is 28.0 Å². The summed E-state index contributed by atoms with van der Waals surface area (Å²) in [5.41, 5.74) is 5.11. The summed E-state index contributed by atoms with van der Waals surface area (Å²) in [5.74, 6) is -1.49. The SMILES string of the molecule is O=C1c2ccccc2C(=O)[C@@H]2CC(CO)=C3[C@@H](CC/C(=C/c4ccc(O)cc4)c4ccccn4)OB(O)C[C@@H]3[C@H]12. The van der Waals surface area contributed by atoms with Crippen molar-refractivity contribution in [2.24, 2.45) is 17.8 Å². The van der Waals surface area contributed by atoms with Crippen LogP contribution in [0.3, 0.4) is 0 Å². The zero-order valence-electron chi connectivity index (χ0n) is 21.9. The number of Topliss-reactive ketones (excluding diaryl/α,β-unsaturated/α-hetero) is 2. The minimum absolute atomic E-state index is 0.0722. The number of fused-ring (bicyclic) bond motifs is 4. The maximum atomic E-state index is 13.7. The van der Waals surface area contributed by atoms with Crippen molar-refractivity contribution >= 4 is 30.3 Å². The molecule has 0 spiro atoms. The number of aromatic nitrogens is 1. The Morgan fingerprint density at radius 1 is 0.975 bits per heavy atom. The molecule has 1 saturated heterocycles. The van der Waals surface area contributed by atoms with Crippen LogP contribution in [-0.2, 0) is 4.65 Å². The quantitative estimate of drug-likeness (QED) is 0.312. The first-order valence-corrected chi connectivity index (χ1v) is 13.7. The van der Waals surface area contributed by atoms with Crippen molar-refractivity contribution in [3.05, 3.63) is 106 Å². The van der Waals surface area contributed by atoms with Gasteiger partial charge >= 0.3 is 7.12 Å². The topological polar surface area (TPSA) is 117 Å². The van der Waals surface area contributed by atoms with Gasteiger partial charge in [0.25, 0.3) is 0 Å². The highest BCUT2D eigenvalue weighted by molar-refractivity contribution is 6.43. The molecule has 0 unspecified atom stereocenters. The summed E-state index contributed by atoms with van der Waals surface area (Å²) in [6.45, 7) is -0.232. The molecule has 8 heteroatoms. The molecule has 4 atom stereocenters. The lowest BCUT2D eigenvalue weighted by Crippen LogP contribution is -2.51. The molecule has 2 aromatic carbocycles. The van der Waals surface area contributed by atoms with E-state index in [1.54, 1.807) is 42.6 Å². The van der Waals surface area contributed by atoms with E-state index in [1.807, 2.05) is 36.4 Å². The Labute approximate surface area is 233 Å². The normalized spacial score (nSPS) is 24.4. The summed E-state index contributed by atoms with van der Waals surface area (Å²) in [7, 11) is -1.09. The monoisotopic (exact) mass is 535 g/mol. The summed E-state index contributed by atoms with van der Waals surface area (Å²) in [4.78, 5) is 31.8. The molecule has 40 heavy (non-hydrogen) atoms. The van der Waals surface area contributed by atoms with E-state index in [1.165, 1.54) is 0 Å². The zero-order valence-corrected chi connectivity index (χ0v) is 21.9. The molecule has 0 radical (unpaired) electrons. The lowest BCUT2D eigenvalue weighted by atomic mass is 9.54. The number of rotatable bonds is 6. The number of aliphatic hydroxyl groups is 1. The number of hydrogen-bond acceptors (Lipinski definition) is 7. The average Bonchev–Trinajstić information content (AvgIpc) is 2.98. The maximum Gasteiger partial charge on any atom is 0.455 e. The van der Waals surface area contributed by atoms with E-state index in [-0.39, 0.29) is 36.2 Å². The van der Waals surface area contributed by atoms with E-state index >= 15 is 0 Å². The van der Waals surface area contributed by atoms with Gasteiger partial charge in [0.15, 0.2) is 11.6 Å². The van der Waals surface area contributed by atoms with Crippen LogP contribution in [0.4, 0.5) is 0 Å². The van der Waals surface area contributed by atoms with Gasteiger partial charge in [0.1, 0.15) is 5.75 Å². The second-order valence-electron chi connectivity index (χ2n) is 10.8. The van der Waals surface area contributed by atoms with Crippen LogP contribution in [0.2, 0.25) is 6.32 Å². The van der Waals surface area contributed by atoms with Crippen molar-refractivity contribution in [1.82, 2.24) is 4.98 Å². The van der Waals surface area contributed by atoms with Gasteiger partial charge in [-0.25, -0.2) is 0 Å². The zero-order chi connectivity index (χ0) is 27.8. The van der Waals surface area contributed by atoms with Gasteiger partial charge in [0, 0.05) is 29.2 Å². The number of pyridine rings is 1. The molecule has 0 amide bonds. The van der Waals surface area contributed by atoms with E-state index in [2.05, 4.69) is 4.98 Å². The minimum Gasteiger partial charge on any atom is -0.508 e. The fourth-order valence-corrected chi connectivity index (χ4v) is 6.70. The molecule has 6 rings (SSSR count). The van der Waals surface area contributed by atoms with Gasteiger partial charge in [-0.1, -0.05) is 42.5 Å². The van der Waals surface area contributed by atoms with Gasteiger partial charge in [0.2, 0.25) is 0 Å². The number of carbonyl (C=O) groups excluding carboxylic acids is 2. The van der Waals surface area contributed by atoms with Gasteiger partial charge in [-0.3, -0.25) is 14.6 Å². The number of hydrogen-bond donors (Lipinski definition) is 3. The van der Waals surface area contributed by atoms with E-state index in [9.17, 15) is 24.8 Å². The first-order valence-electron chi connectivity index (χ1n) is 13.7. The molecule has 1 aromatic heterocycles. The number of nitrogens with zero attached hydrogens (tertiary/aromatic N) is 1. The Kier molecular flexibility index (Phi) is 7.23. The van der Waals surface area contributed by atoms with Crippen LogP contribution < -0.4 is 0 Å². The second-order valence-corrected chi connectivity index (χ2v) is 10.8. The molecule has 1 fully saturated rings. The number of carbonyl (C=O) groups is 2. The Morgan fingerprint density at radius 3 is 2.40 bits per heavy atom. The van der Waals surface area contributed by atoms with Crippen molar-refractivity contribution in [3.63, 3.8) is 0 Å². The van der Waals surface area contributed by atoms with Crippen molar-refractivity contribution in [3.8, 4) is 5.75 Å². The summed E-state index contributed by atoms with van der Waals surface area (Å²) in [5, 5.41) is 30.9. The predicted molar refractivity (Wildman–Crippen MR) is 151 cm³/mol. The van der Waals surface area contributed by atoms with E-state index in [4.69, 9.17) is 4.65 Å². The number of aliphatic hydroxyl groups excluding tert-OH is 1. The van der Waals surface area contributed by atoms with Gasteiger partial charge in [-0.2, -0.15) is 0 Å². The highest BCUT2D eigenvalue weighted by Crippen LogP contribution is 2.51. The van der Waals surface area contributed by atoms with E-state index < -0.39 is 25.1 Å². The highest BCUT2D eigenvalue weighted by Gasteiger charge is 2.53. The van der Waals surface area contributed by atoms with Crippen molar-refractivity contribution in [2.75, 3.05) is 6.61 Å². The number of phenols is 1. The van der Waals surface area contributed by atoms with Crippen LogP contribution in [0, 0.1) is 17.8 Å². The maximum absolute atomic E-state index is 13.7. The molecule has 2 aliphatic carbocycles. The first kappa shape index (κ1) is 26.4. The van der Waals surface area contributed by atoms with Crippen molar-refractivity contribution in [1.29, 1.82) is 0 Å². The highest BCUT2D eigenvalue weighted by atomic mass is 16.5. The molecule has 0 bridgehead atoms. The number of phenolic OH excluding ortho intramolecular Hbond substituents is 1.